The Morgan fingerprint density at radius 1 is 1.32 bits per heavy atom. The van der Waals surface area contributed by atoms with E-state index in [-0.39, 0.29) is 6.01 Å². The van der Waals surface area contributed by atoms with Gasteiger partial charge in [0.05, 0.1) is 13.7 Å². The van der Waals surface area contributed by atoms with Gasteiger partial charge >= 0.3 is 18.2 Å². The molecule has 9 nitrogen and oxygen atoms in total. The third kappa shape index (κ3) is 6.31. The van der Waals surface area contributed by atoms with Crippen LogP contribution in [0.1, 0.15) is 20.3 Å². The Bertz CT molecular complexity index is 717. The van der Waals surface area contributed by atoms with E-state index in [0.29, 0.717) is 35.5 Å². The van der Waals surface area contributed by atoms with Gasteiger partial charge in [0.25, 0.3) is 6.01 Å². The number of imidazole rings is 1. The molecule has 0 saturated carbocycles. The molecule has 0 unspecified atom stereocenters. The average Bonchev–Trinajstić information content (AvgIpc) is 2.90. The molecular weight excluding hydrogens is 347 g/mol. The number of nitrogen functional groups attached to an aromatic ring is 1. The average molecular weight is 365 g/mol. The van der Waals surface area contributed by atoms with Gasteiger partial charge in [-0.3, -0.25) is 0 Å². The first-order valence-electron chi connectivity index (χ1n) is 7.04. The molecule has 2 aromatic heterocycles. The van der Waals surface area contributed by atoms with Crippen molar-refractivity contribution < 1.29 is 32.5 Å². The molecule has 0 aliphatic heterocycles. The van der Waals surface area contributed by atoms with Gasteiger partial charge in [0.1, 0.15) is 5.52 Å². The smallest absolute Gasteiger partial charge is 0.475 e. The van der Waals surface area contributed by atoms with Crippen molar-refractivity contribution in [3.63, 3.8) is 0 Å². The largest absolute Gasteiger partial charge is 0.490 e. The molecular formula is C13H18F3N5O4. The molecule has 2 aromatic rings. The topological polar surface area (TPSA) is 136 Å². The van der Waals surface area contributed by atoms with E-state index in [0.717, 1.165) is 6.42 Å². The van der Waals surface area contributed by atoms with Gasteiger partial charge < -0.3 is 25.3 Å². The van der Waals surface area contributed by atoms with Gasteiger partial charge in [-0.25, -0.2) is 4.79 Å². The minimum Gasteiger partial charge on any atom is -0.475 e. The predicted octanol–water partition coefficient (Wildman–Crippen LogP) is 2.00. The number of anilines is 1. The standard InChI is InChI=1S/C11H17N5O2.C2HF3O2/c1-6(2)4-5-18-11-14-8(12)7-9(16-11)15-10(13-7)17-3;3-2(4,5)1(6)7/h6H,4-5H2,1-3H3,(H3,12,13,14,15,16);(H,6,7). The van der Waals surface area contributed by atoms with Crippen LogP contribution >= 0.6 is 0 Å². The number of carbonyl (C=O) groups is 1. The molecule has 25 heavy (non-hydrogen) atoms. The number of alkyl halides is 3. The summed E-state index contributed by atoms with van der Waals surface area (Å²) in [7, 11) is 1.52. The number of aromatic amines is 1. The number of methoxy groups -OCH3 is 1. The number of nitrogens with one attached hydrogen (secondary N) is 1. The number of ether oxygens (including phenoxy) is 2. The number of fused-ring (bicyclic) bond motifs is 1. The minimum atomic E-state index is -5.08. The lowest BCUT2D eigenvalue weighted by Gasteiger charge is -2.06. The highest BCUT2D eigenvalue weighted by atomic mass is 19.4. The molecule has 0 radical (unpaired) electrons. The van der Waals surface area contributed by atoms with Gasteiger partial charge in [0.15, 0.2) is 11.5 Å². The number of hydrogen-bond acceptors (Lipinski definition) is 7. The third-order valence-corrected chi connectivity index (χ3v) is 2.70. The molecule has 0 saturated heterocycles. The molecule has 140 valence electrons. The highest BCUT2D eigenvalue weighted by Crippen LogP contribution is 2.21. The van der Waals surface area contributed by atoms with Crippen LogP contribution in [-0.4, -0.2) is 50.9 Å². The van der Waals surface area contributed by atoms with Crippen molar-refractivity contribution in [3.8, 4) is 12.0 Å². The second kappa shape index (κ2) is 8.35. The molecule has 4 N–H and O–H groups in total. The molecule has 0 fully saturated rings. The number of hydrogen-bond donors (Lipinski definition) is 3. The van der Waals surface area contributed by atoms with Gasteiger partial charge in [-0.1, -0.05) is 13.8 Å². The quantitative estimate of drug-likeness (QED) is 0.732. The SMILES string of the molecule is COc1nc2nc(OCCC(C)C)nc(N)c2[nH]1.O=C(O)C(F)(F)F. The van der Waals surface area contributed by atoms with Crippen molar-refractivity contribution in [2.45, 2.75) is 26.4 Å². The van der Waals surface area contributed by atoms with Crippen LogP contribution in [0, 0.1) is 5.92 Å². The predicted molar refractivity (Wildman–Crippen MR) is 81.3 cm³/mol. The van der Waals surface area contributed by atoms with E-state index in [1.54, 1.807) is 0 Å². The zero-order valence-electron chi connectivity index (χ0n) is 13.7. The molecule has 0 bridgehead atoms. The van der Waals surface area contributed by atoms with E-state index in [9.17, 15) is 13.2 Å². The first-order chi connectivity index (χ1) is 11.5. The van der Waals surface area contributed by atoms with Crippen molar-refractivity contribution >= 4 is 23.0 Å². The fourth-order valence-electron chi connectivity index (χ4n) is 1.42. The van der Waals surface area contributed by atoms with Crippen LogP contribution in [0.25, 0.3) is 11.2 Å². The fraction of sp³-hybridized carbons (Fsp3) is 0.538. The third-order valence-electron chi connectivity index (χ3n) is 2.70. The van der Waals surface area contributed by atoms with Crippen LogP contribution in [0.4, 0.5) is 19.0 Å². The van der Waals surface area contributed by atoms with Crippen LogP contribution in [0.15, 0.2) is 0 Å². The second-order valence-electron chi connectivity index (χ2n) is 5.17. The van der Waals surface area contributed by atoms with Crippen molar-refractivity contribution in [3.05, 3.63) is 0 Å². The summed E-state index contributed by atoms with van der Waals surface area (Å²) in [5.74, 6) is -1.89. The first-order valence-corrected chi connectivity index (χ1v) is 7.04. The van der Waals surface area contributed by atoms with Crippen molar-refractivity contribution in [2.24, 2.45) is 5.92 Å². The Morgan fingerprint density at radius 2 is 1.92 bits per heavy atom. The lowest BCUT2D eigenvalue weighted by atomic mass is 10.1. The zero-order valence-corrected chi connectivity index (χ0v) is 13.7. The van der Waals surface area contributed by atoms with Crippen LogP contribution < -0.4 is 15.2 Å². The number of rotatable bonds is 5. The summed E-state index contributed by atoms with van der Waals surface area (Å²) in [6, 6.07) is 0.597. The molecule has 0 aliphatic rings. The summed E-state index contributed by atoms with van der Waals surface area (Å²) in [6.07, 6.45) is -4.15. The molecule has 0 amide bonds. The van der Waals surface area contributed by atoms with E-state index in [1.807, 2.05) is 0 Å². The molecule has 2 rings (SSSR count). The molecule has 0 aromatic carbocycles. The van der Waals surface area contributed by atoms with Gasteiger partial charge in [-0.2, -0.15) is 28.1 Å². The van der Waals surface area contributed by atoms with E-state index in [2.05, 4.69) is 33.8 Å². The fourth-order valence-corrected chi connectivity index (χ4v) is 1.42. The highest BCUT2D eigenvalue weighted by Gasteiger charge is 2.38. The van der Waals surface area contributed by atoms with Gasteiger partial charge in [0.2, 0.25) is 0 Å². The molecule has 0 atom stereocenters. The molecule has 0 spiro atoms. The maximum atomic E-state index is 10.6. The number of carboxylic acid groups (broad SMARTS) is 1. The summed E-state index contributed by atoms with van der Waals surface area (Å²) >= 11 is 0. The summed E-state index contributed by atoms with van der Waals surface area (Å²) in [5.41, 5.74) is 6.80. The lowest BCUT2D eigenvalue weighted by molar-refractivity contribution is -0.192. The van der Waals surface area contributed by atoms with E-state index in [1.165, 1.54) is 7.11 Å². The van der Waals surface area contributed by atoms with Crippen LogP contribution in [-0.2, 0) is 4.79 Å². The first kappa shape index (κ1) is 20.3. The monoisotopic (exact) mass is 365 g/mol. The minimum absolute atomic E-state index is 0.245. The summed E-state index contributed by atoms with van der Waals surface area (Å²) in [6.45, 7) is 4.81. The number of nitrogens with two attached hydrogens (primary N) is 1. The number of halogens is 3. The number of nitrogens with zero attached hydrogens (tertiary/aromatic N) is 3. The van der Waals surface area contributed by atoms with E-state index in [4.69, 9.17) is 25.1 Å². The number of aliphatic carboxylic acids is 1. The summed E-state index contributed by atoms with van der Waals surface area (Å²) in [5, 5.41) is 7.12. The lowest BCUT2D eigenvalue weighted by Crippen LogP contribution is -2.21. The normalized spacial score (nSPS) is 11.2. The van der Waals surface area contributed by atoms with Crippen molar-refractivity contribution in [2.75, 3.05) is 19.5 Å². The zero-order chi connectivity index (χ0) is 19.2. The Labute approximate surface area is 140 Å². The Balaban J connectivity index is 0.000000381. The summed E-state index contributed by atoms with van der Waals surface area (Å²) < 4.78 is 42.2. The van der Waals surface area contributed by atoms with E-state index < -0.39 is 12.1 Å². The second-order valence-corrected chi connectivity index (χ2v) is 5.17. The van der Waals surface area contributed by atoms with Gasteiger partial charge in [-0.05, 0) is 12.3 Å². The van der Waals surface area contributed by atoms with Crippen LogP contribution in [0.2, 0.25) is 0 Å². The number of carboxylic acids is 1. The summed E-state index contributed by atoms with van der Waals surface area (Å²) in [4.78, 5) is 24.1. The Morgan fingerprint density at radius 3 is 2.40 bits per heavy atom. The number of H-pyrrole nitrogens is 1. The van der Waals surface area contributed by atoms with Crippen molar-refractivity contribution in [1.82, 2.24) is 19.9 Å². The molecule has 2 heterocycles. The maximum Gasteiger partial charge on any atom is 0.490 e. The van der Waals surface area contributed by atoms with Crippen LogP contribution in [0.5, 0.6) is 12.0 Å². The molecule has 0 aliphatic carbocycles. The van der Waals surface area contributed by atoms with Gasteiger partial charge in [-0.15, -0.1) is 0 Å². The van der Waals surface area contributed by atoms with Crippen LogP contribution in [0.3, 0.4) is 0 Å². The number of aromatic nitrogens is 4. The van der Waals surface area contributed by atoms with Crippen molar-refractivity contribution in [1.29, 1.82) is 0 Å². The molecule has 12 heteroatoms. The Kier molecular flexibility index (Phi) is 6.77. The highest BCUT2D eigenvalue weighted by molar-refractivity contribution is 5.82. The maximum absolute atomic E-state index is 10.6. The van der Waals surface area contributed by atoms with Gasteiger partial charge in [0, 0.05) is 0 Å². The Hall–Kier alpha value is -2.79. The van der Waals surface area contributed by atoms with E-state index >= 15 is 0 Å².